The van der Waals surface area contributed by atoms with Crippen LogP contribution < -0.4 is 5.32 Å². The Balaban J connectivity index is 1.27. The van der Waals surface area contributed by atoms with Gasteiger partial charge < -0.3 is 19.7 Å². The Kier molecular flexibility index (Phi) is 5.25. The predicted octanol–water partition coefficient (Wildman–Crippen LogP) is 3.27. The van der Waals surface area contributed by atoms with E-state index in [1.54, 1.807) is 11.1 Å². The highest BCUT2D eigenvalue weighted by Crippen LogP contribution is 2.51. The molecule has 1 spiro atoms. The minimum atomic E-state index is 0.391. The molecule has 148 valence electrons. The van der Waals surface area contributed by atoms with Crippen LogP contribution in [0.5, 0.6) is 0 Å². The van der Waals surface area contributed by atoms with Crippen molar-refractivity contribution >= 4 is 0 Å². The number of fused-ring (bicyclic) bond motifs is 2. The zero-order chi connectivity index (χ0) is 18.1. The van der Waals surface area contributed by atoms with Gasteiger partial charge in [0.25, 0.3) is 0 Å². The first-order valence-electron chi connectivity index (χ1n) is 11.1. The van der Waals surface area contributed by atoms with Gasteiger partial charge in [-0.3, -0.25) is 0 Å². The fraction of sp³-hybridized carbons (Fsp3) is 0.739. The Morgan fingerprint density at radius 3 is 2.56 bits per heavy atom. The number of nitrogens with zero attached hydrogens (tertiary/aromatic N) is 1. The Hall–Kier alpha value is -0.940. The standard InChI is InChI=1S/C23H34N2O2/c1-2-4-21-20(3-1)22(24-19-6-13-26-14-7-19)15-23(21)8-10-25(11-9-23)16-18-5-12-27-17-18/h1-4,18-19,22,24H,5-17H2/t18-,22+/m0/s1. The molecule has 0 unspecified atom stereocenters. The number of likely N-dealkylation sites (tertiary alicyclic amines) is 1. The molecule has 2 atom stereocenters. The second-order valence-electron chi connectivity index (χ2n) is 9.21. The summed E-state index contributed by atoms with van der Waals surface area (Å²) in [4.78, 5) is 2.70. The first-order valence-corrected chi connectivity index (χ1v) is 11.1. The summed E-state index contributed by atoms with van der Waals surface area (Å²) in [6.45, 7) is 7.50. The molecule has 0 saturated carbocycles. The van der Waals surface area contributed by atoms with E-state index in [-0.39, 0.29) is 0 Å². The van der Waals surface area contributed by atoms with Gasteiger partial charge in [-0.05, 0) is 74.1 Å². The summed E-state index contributed by atoms with van der Waals surface area (Å²) in [5.41, 5.74) is 3.60. The first-order chi connectivity index (χ1) is 13.3. The summed E-state index contributed by atoms with van der Waals surface area (Å²) < 4.78 is 11.1. The van der Waals surface area contributed by atoms with Crippen molar-refractivity contribution in [1.82, 2.24) is 10.2 Å². The SMILES string of the molecule is c1ccc2c(c1)[C@H](NC1CCOCC1)CC21CCN(C[C@@H]2CCOC2)CC1. The minimum absolute atomic E-state index is 0.391. The average Bonchev–Trinajstić information content (AvgIpc) is 3.32. The van der Waals surface area contributed by atoms with Gasteiger partial charge in [0.2, 0.25) is 0 Å². The molecule has 4 heteroatoms. The van der Waals surface area contributed by atoms with E-state index in [2.05, 4.69) is 34.5 Å². The van der Waals surface area contributed by atoms with E-state index < -0.39 is 0 Å². The molecule has 4 aliphatic rings. The van der Waals surface area contributed by atoms with Crippen molar-refractivity contribution in [2.75, 3.05) is 46.1 Å². The average molecular weight is 371 g/mol. The van der Waals surface area contributed by atoms with Crippen molar-refractivity contribution in [3.8, 4) is 0 Å². The lowest BCUT2D eigenvalue weighted by molar-refractivity contribution is 0.0728. The van der Waals surface area contributed by atoms with E-state index in [9.17, 15) is 0 Å². The monoisotopic (exact) mass is 370 g/mol. The van der Waals surface area contributed by atoms with Gasteiger partial charge >= 0.3 is 0 Å². The van der Waals surface area contributed by atoms with Gasteiger partial charge in [0.1, 0.15) is 0 Å². The van der Waals surface area contributed by atoms with E-state index in [0.717, 1.165) is 45.2 Å². The van der Waals surface area contributed by atoms with E-state index in [4.69, 9.17) is 9.47 Å². The lowest BCUT2D eigenvalue weighted by atomic mass is 9.73. The summed E-state index contributed by atoms with van der Waals surface area (Å²) in [7, 11) is 0. The molecule has 4 nitrogen and oxygen atoms in total. The van der Waals surface area contributed by atoms with E-state index in [1.807, 2.05) is 0 Å². The van der Waals surface area contributed by atoms with Crippen molar-refractivity contribution in [2.45, 2.75) is 56.0 Å². The molecule has 1 aromatic carbocycles. The summed E-state index contributed by atoms with van der Waals surface area (Å²) in [5.74, 6) is 0.762. The maximum atomic E-state index is 5.58. The molecular weight excluding hydrogens is 336 g/mol. The van der Waals surface area contributed by atoms with Gasteiger partial charge in [-0.15, -0.1) is 0 Å². The number of benzene rings is 1. The van der Waals surface area contributed by atoms with Crippen LogP contribution in [0.15, 0.2) is 24.3 Å². The molecule has 3 heterocycles. The van der Waals surface area contributed by atoms with Crippen LogP contribution >= 0.6 is 0 Å². The number of hydrogen-bond donors (Lipinski definition) is 1. The summed E-state index contributed by atoms with van der Waals surface area (Å²) in [5, 5.41) is 4.01. The number of rotatable bonds is 4. The van der Waals surface area contributed by atoms with Crippen LogP contribution in [0.1, 0.15) is 55.7 Å². The van der Waals surface area contributed by atoms with Crippen LogP contribution in [-0.4, -0.2) is 57.0 Å². The van der Waals surface area contributed by atoms with E-state index >= 15 is 0 Å². The van der Waals surface area contributed by atoms with E-state index in [1.165, 1.54) is 45.3 Å². The molecule has 1 aliphatic carbocycles. The van der Waals surface area contributed by atoms with Crippen LogP contribution in [0.3, 0.4) is 0 Å². The molecular formula is C23H34N2O2. The van der Waals surface area contributed by atoms with Gasteiger partial charge in [-0.25, -0.2) is 0 Å². The Labute approximate surface area is 163 Å². The Bertz CT molecular complexity index is 629. The summed E-state index contributed by atoms with van der Waals surface area (Å²) >= 11 is 0. The van der Waals surface area contributed by atoms with Gasteiger partial charge in [-0.2, -0.15) is 0 Å². The smallest absolute Gasteiger partial charge is 0.0507 e. The summed E-state index contributed by atoms with van der Waals surface area (Å²) in [6, 6.07) is 10.4. The van der Waals surface area contributed by atoms with Crippen LogP contribution in [0.2, 0.25) is 0 Å². The van der Waals surface area contributed by atoms with Gasteiger partial charge in [0.05, 0.1) is 6.61 Å². The highest BCUT2D eigenvalue weighted by atomic mass is 16.5. The van der Waals surface area contributed by atoms with Crippen LogP contribution in [0, 0.1) is 5.92 Å². The topological polar surface area (TPSA) is 33.7 Å². The van der Waals surface area contributed by atoms with Crippen molar-refractivity contribution in [3.63, 3.8) is 0 Å². The summed E-state index contributed by atoms with van der Waals surface area (Å²) in [6.07, 6.45) is 7.46. The van der Waals surface area contributed by atoms with Gasteiger partial charge in [-0.1, -0.05) is 24.3 Å². The lowest BCUT2D eigenvalue weighted by Gasteiger charge is -2.41. The molecule has 3 aliphatic heterocycles. The third-order valence-corrected chi connectivity index (χ3v) is 7.51. The second-order valence-corrected chi connectivity index (χ2v) is 9.21. The van der Waals surface area contributed by atoms with Gasteiger partial charge in [0, 0.05) is 38.4 Å². The largest absolute Gasteiger partial charge is 0.381 e. The molecule has 1 aromatic rings. The molecule has 0 amide bonds. The number of nitrogens with one attached hydrogen (secondary N) is 1. The fourth-order valence-corrected chi connectivity index (χ4v) is 5.92. The maximum Gasteiger partial charge on any atom is 0.0507 e. The molecule has 27 heavy (non-hydrogen) atoms. The van der Waals surface area contributed by atoms with Crippen LogP contribution in [-0.2, 0) is 14.9 Å². The molecule has 3 saturated heterocycles. The zero-order valence-electron chi connectivity index (χ0n) is 16.5. The Morgan fingerprint density at radius 2 is 1.78 bits per heavy atom. The second kappa shape index (κ2) is 7.82. The predicted molar refractivity (Wildman–Crippen MR) is 107 cm³/mol. The van der Waals surface area contributed by atoms with Crippen molar-refractivity contribution in [1.29, 1.82) is 0 Å². The van der Waals surface area contributed by atoms with Gasteiger partial charge in [0.15, 0.2) is 0 Å². The minimum Gasteiger partial charge on any atom is -0.381 e. The van der Waals surface area contributed by atoms with Crippen molar-refractivity contribution in [2.24, 2.45) is 5.92 Å². The number of hydrogen-bond acceptors (Lipinski definition) is 4. The van der Waals surface area contributed by atoms with E-state index in [0.29, 0.717) is 17.5 Å². The fourth-order valence-electron chi connectivity index (χ4n) is 5.92. The molecule has 0 bridgehead atoms. The molecule has 0 aromatic heterocycles. The van der Waals surface area contributed by atoms with Crippen LogP contribution in [0.25, 0.3) is 0 Å². The van der Waals surface area contributed by atoms with Crippen molar-refractivity contribution in [3.05, 3.63) is 35.4 Å². The highest BCUT2D eigenvalue weighted by molar-refractivity contribution is 5.42. The molecule has 1 N–H and O–H groups in total. The number of piperidine rings is 1. The maximum absolute atomic E-state index is 5.58. The highest BCUT2D eigenvalue weighted by Gasteiger charge is 2.45. The zero-order valence-corrected chi connectivity index (χ0v) is 16.5. The Morgan fingerprint density at radius 1 is 1.00 bits per heavy atom. The third-order valence-electron chi connectivity index (χ3n) is 7.51. The van der Waals surface area contributed by atoms with Crippen molar-refractivity contribution < 1.29 is 9.47 Å². The molecule has 0 radical (unpaired) electrons. The quantitative estimate of drug-likeness (QED) is 0.882. The van der Waals surface area contributed by atoms with Crippen LogP contribution in [0.4, 0.5) is 0 Å². The molecule has 3 fully saturated rings. The molecule has 5 rings (SSSR count). The normalized spacial score (nSPS) is 31.4. The first kappa shape index (κ1) is 18.1. The lowest BCUT2D eigenvalue weighted by Crippen LogP contribution is -2.44. The third kappa shape index (κ3) is 3.69. The number of ether oxygens (including phenoxy) is 2.